The normalized spacial score (nSPS) is 14.8. The highest BCUT2D eigenvalue weighted by atomic mass is 16.5. The van der Waals surface area contributed by atoms with Crippen molar-refractivity contribution in [1.82, 2.24) is 0 Å². The van der Waals surface area contributed by atoms with Gasteiger partial charge >= 0.3 is 0 Å². The number of nitrogens with zero attached hydrogens (tertiary/aromatic N) is 2. The van der Waals surface area contributed by atoms with Crippen LogP contribution in [0.25, 0.3) is 54.6 Å². The number of hydrogen-bond acceptors (Lipinski definition) is 4. The number of fused-ring (bicyclic) bond motifs is 9. The zero-order chi connectivity index (χ0) is 46.1. The van der Waals surface area contributed by atoms with Crippen LogP contribution >= 0.6 is 0 Å². The number of benzene rings is 9. The van der Waals surface area contributed by atoms with Gasteiger partial charge in [-0.3, -0.25) is 0 Å². The maximum Gasteiger partial charge on any atom is 0.185 e. The van der Waals surface area contributed by atoms with Gasteiger partial charge in [0.2, 0.25) is 0 Å². The zero-order valence-electron chi connectivity index (χ0n) is 38.4. The van der Waals surface area contributed by atoms with Gasteiger partial charge in [0.1, 0.15) is 11.3 Å². The van der Waals surface area contributed by atoms with Gasteiger partial charge in [-0.25, -0.2) is 0 Å². The first-order valence-electron chi connectivity index (χ1n) is 23.7. The SMILES string of the molecule is COc1ccc2c(c1)cc(N(C1=CC(C3(c4ccccc4)c4ccccc4-c4ccccc43)=CCC1C)c1ccc3oc4c#cccc4c3c1)c1ccc(N(c3ccccc3)c3ccccc3)cc12. The van der Waals surface area contributed by atoms with Crippen LogP contribution in [0.5, 0.6) is 5.75 Å². The Labute approximate surface area is 402 Å². The lowest BCUT2D eigenvalue weighted by atomic mass is 9.65. The Bertz CT molecular complexity index is 3750. The Morgan fingerprint density at radius 2 is 1.17 bits per heavy atom. The van der Waals surface area contributed by atoms with Crippen molar-refractivity contribution in [2.24, 2.45) is 5.92 Å². The fourth-order valence-electron chi connectivity index (χ4n) is 11.4. The topological polar surface area (TPSA) is 28.9 Å². The monoisotopic (exact) mass is 886 g/mol. The van der Waals surface area contributed by atoms with Crippen LogP contribution in [0.2, 0.25) is 0 Å². The molecule has 1 unspecified atom stereocenters. The van der Waals surface area contributed by atoms with Crippen molar-refractivity contribution >= 4 is 71.9 Å². The first-order chi connectivity index (χ1) is 34.1. The molecule has 2 aliphatic carbocycles. The van der Waals surface area contributed by atoms with E-state index in [0.29, 0.717) is 5.58 Å². The third kappa shape index (κ3) is 6.39. The summed E-state index contributed by atoms with van der Waals surface area (Å²) in [7, 11) is 1.75. The van der Waals surface area contributed by atoms with Gasteiger partial charge in [-0.15, -0.1) is 0 Å². The molecule has 0 radical (unpaired) electrons. The second-order valence-electron chi connectivity index (χ2n) is 18.3. The molecule has 69 heavy (non-hydrogen) atoms. The molecule has 1 aromatic heterocycles. The van der Waals surface area contributed by atoms with Crippen LogP contribution in [0.15, 0.2) is 240 Å². The Kier molecular flexibility index (Phi) is 9.52. The number of furan rings is 1. The van der Waals surface area contributed by atoms with Gasteiger partial charge in [-0.1, -0.05) is 146 Å². The fraction of sp³-hybridized carbons (Fsp3) is 0.0769. The van der Waals surface area contributed by atoms with Gasteiger partial charge in [0.15, 0.2) is 5.58 Å². The highest BCUT2D eigenvalue weighted by Gasteiger charge is 2.47. The molecular formula is C65H46N2O2. The van der Waals surface area contributed by atoms with Crippen molar-refractivity contribution in [3.05, 3.63) is 265 Å². The number of methoxy groups -OCH3 is 1. The maximum atomic E-state index is 6.39. The van der Waals surface area contributed by atoms with E-state index in [-0.39, 0.29) is 5.92 Å². The molecule has 2 aliphatic rings. The van der Waals surface area contributed by atoms with Gasteiger partial charge in [0, 0.05) is 50.5 Å². The molecule has 0 saturated carbocycles. The number of anilines is 5. The molecule has 1 heterocycles. The fourth-order valence-corrected chi connectivity index (χ4v) is 11.4. The van der Waals surface area contributed by atoms with E-state index in [0.717, 1.165) is 78.5 Å². The minimum atomic E-state index is -0.547. The van der Waals surface area contributed by atoms with Crippen LogP contribution in [-0.4, -0.2) is 7.11 Å². The Hall–Kier alpha value is -8.78. The summed E-state index contributed by atoms with van der Waals surface area (Å²) in [5, 5.41) is 6.56. The molecule has 328 valence electrons. The van der Waals surface area contributed by atoms with E-state index in [2.05, 4.69) is 247 Å². The van der Waals surface area contributed by atoms with Gasteiger partial charge in [-0.05, 0) is 153 Å². The van der Waals surface area contributed by atoms with E-state index in [4.69, 9.17) is 9.15 Å². The van der Waals surface area contributed by atoms with E-state index in [1.807, 2.05) is 6.07 Å². The van der Waals surface area contributed by atoms with Crippen molar-refractivity contribution in [3.8, 4) is 16.9 Å². The van der Waals surface area contributed by atoms with Crippen molar-refractivity contribution in [1.29, 1.82) is 0 Å². The molecule has 0 spiro atoms. The smallest absolute Gasteiger partial charge is 0.185 e. The number of ether oxygens (including phenoxy) is 1. The lowest BCUT2D eigenvalue weighted by Gasteiger charge is -2.40. The van der Waals surface area contributed by atoms with Gasteiger partial charge in [0.05, 0.1) is 18.2 Å². The first-order valence-corrected chi connectivity index (χ1v) is 23.7. The number of rotatable bonds is 9. The summed E-state index contributed by atoms with van der Waals surface area (Å²) in [6.45, 7) is 2.37. The molecular weight excluding hydrogens is 841 g/mol. The second kappa shape index (κ2) is 16.2. The summed E-state index contributed by atoms with van der Waals surface area (Å²) < 4.78 is 12.3. The van der Waals surface area contributed by atoms with Crippen molar-refractivity contribution < 1.29 is 9.15 Å². The van der Waals surface area contributed by atoms with Crippen LogP contribution in [0.3, 0.4) is 0 Å². The molecule has 4 heteroatoms. The summed E-state index contributed by atoms with van der Waals surface area (Å²) in [5.41, 5.74) is 15.2. The lowest BCUT2D eigenvalue weighted by Crippen LogP contribution is -2.32. The Balaban J connectivity index is 1.10. The van der Waals surface area contributed by atoms with Crippen LogP contribution in [0.1, 0.15) is 30.0 Å². The minimum absolute atomic E-state index is 0.148. The summed E-state index contributed by atoms with van der Waals surface area (Å²) >= 11 is 0. The quantitative estimate of drug-likeness (QED) is 0.135. The van der Waals surface area contributed by atoms with Crippen molar-refractivity contribution in [2.75, 3.05) is 16.9 Å². The largest absolute Gasteiger partial charge is 0.497 e. The molecule has 10 aromatic carbocycles. The van der Waals surface area contributed by atoms with Crippen molar-refractivity contribution in [3.63, 3.8) is 0 Å². The van der Waals surface area contributed by atoms with Crippen LogP contribution in [0.4, 0.5) is 28.4 Å². The van der Waals surface area contributed by atoms with Crippen LogP contribution in [0, 0.1) is 18.1 Å². The molecule has 0 aliphatic heterocycles. The average molecular weight is 887 g/mol. The predicted octanol–water partition coefficient (Wildman–Crippen LogP) is 17.0. The molecule has 0 fully saturated rings. The van der Waals surface area contributed by atoms with E-state index >= 15 is 0 Å². The van der Waals surface area contributed by atoms with Gasteiger partial charge in [0.25, 0.3) is 0 Å². The number of hydrogen-bond donors (Lipinski definition) is 0. The van der Waals surface area contributed by atoms with Gasteiger partial charge < -0.3 is 19.0 Å². The molecule has 0 N–H and O–H groups in total. The Morgan fingerprint density at radius 1 is 0.551 bits per heavy atom. The lowest BCUT2D eigenvalue weighted by molar-refractivity contribution is 0.415. The molecule has 11 aromatic rings. The third-order valence-corrected chi connectivity index (χ3v) is 14.5. The van der Waals surface area contributed by atoms with Crippen LogP contribution in [-0.2, 0) is 5.41 Å². The number of para-hydroxylation sites is 2. The second-order valence-corrected chi connectivity index (χ2v) is 18.3. The summed E-state index contributed by atoms with van der Waals surface area (Å²) in [4.78, 5) is 4.88. The molecule has 0 saturated heterocycles. The average Bonchev–Trinajstić information content (AvgIpc) is 3.94. The molecule has 13 rings (SSSR count). The Morgan fingerprint density at radius 3 is 1.88 bits per heavy atom. The molecule has 0 amide bonds. The molecule has 1 atom stereocenters. The summed E-state index contributed by atoms with van der Waals surface area (Å²) in [6, 6.07) is 83.2. The van der Waals surface area contributed by atoms with E-state index in [9.17, 15) is 0 Å². The van der Waals surface area contributed by atoms with Crippen LogP contribution < -0.4 is 14.5 Å². The summed E-state index contributed by atoms with van der Waals surface area (Å²) in [5.74, 6) is 0.957. The molecule has 0 bridgehead atoms. The molecule has 4 nitrogen and oxygen atoms in total. The highest BCUT2D eigenvalue weighted by molar-refractivity contribution is 6.16. The first kappa shape index (κ1) is 40.5. The summed E-state index contributed by atoms with van der Waals surface area (Å²) in [6.07, 6.45) is 5.88. The van der Waals surface area contributed by atoms with Crippen molar-refractivity contribution in [2.45, 2.75) is 18.8 Å². The van der Waals surface area contributed by atoms with Gasteiger partial charge in [-0.2, -0.15) is 0 Å². The van der Waals surface area contributed by atoms with E-state index in [1.165, 1.54) is 39.1 Å². The maximum absolute atomic E-state index is 6.39. The highest BCUT2D eigenvalue weighted by Crippen LogP contribution is 2.58. The zero-order valence-corrected chi connectivity index (χ0v) is 38.4. The third-order valence-electron chi connectivity index (χ3n) is 14.5. The number of allylic oxidation sites excluding steroid dienone is 4. The van der Waals surface area contributed by atoms with E-state index in [1.54, 1.807) is 7.11 Å². The standard InChI is InChI=1S/C65H46N2O2/c1-43-30-31-46(65(45-18-6-3-7-19-45)59-27-15-12-24-53(59)54-25-13-16-28-60(54)65)40-61(43)67(50-33-37-64-58(42-50)56-26-14-17-29-63(56)69-64)62-39-44-38-51(68-2)34-36-52(44)57-41-49(32-35-55(57)62)66(47-20-8-4-9-21-47)48-22-10-5-11-23-48/h3-16,18-28,31-43H,30H2,1-2H3. The predicted molar refractivity (Wildman–Crippen MR) is 284 cm³/mol. The minimum Gasteiger partial charge on any atom is -0.497 e. The van der Waals surface area contributed by atoms with E-state index < -0.39 is 5.41 Å².